The molecule has 1 saturated heterocycles. The maximum atomic E-state index is 12.4. The van der Waals surface area contributed by atoms with Crippen LogP contribution in [0.4, 0.5) is 0 Å². The van der Waals surface area contributed by atoms with Crippen molar-refractivity contribution in [2.75, 3.05) is 19.7 Å². The van der Waals surface area contributed by atoms with Gasteiger partial charge in [0.25, 0.3) is 5.91 Å². The van der Waals surface area contributed by atoms with Crippen LogP contribution in [0.25, 0.3) is 0 Å². The molecule has 2 N–H and O–H groups in total. The molecule has 5 nitrogen and oxygen atoms in total. The minimum Gasteiger partial charge on any atom is -0.483 e. The van der Waals surface area contributed by atoms with E-state index in [4.69, 9.17) is 16.3 Å². The Morgan fingerprint density at radius 3 is 2.82 bits per heavy atom. The molecular formula is C22H27ClN2O3. The monoisotopic (exact) mass is 402 g/mol. The van der Waals surface area contributed by atoms with Gasteiger partial charge in [0, 0.05) is 24.7 Å². The second-order valence-electron chi connectivity index (χ2n) is 7.34. The first-order valence-corrected chi connectivity index (χ1v) is 9.94. The molecule has 150 valence electrons. The number of aryl methyl sites for hydroxylation is 1. The van der Waals surface area contributed by atoms with E-state index in [9.17, 15) is 9.90 Å². The number of benzene rings is 2. The Balaban J connectivity index is 1.54. The molecule has 0 bridgehead atoms. The largest absolute Gasteiger partial charge is 0.483 e. The molecular weight excluding hydrogens is 376 g/mol. The van der Waals surface area contributed by atoms with Crippen molar-refractivity contribution in [2.45, 2.75) is 39.0 Å². The Labute approximate surface area is 171 Å². The number of halogens is 1. The van der Waals surface area contributed by atoms with Crippen molar-refractivity contribution in [1.29, 1.82) is 0 Å². The number of likely N-dealkylation sites (tertiary alicyclic amines) is 1. The van der Waals surface area contributed by atoms with E-state index >= 15 is 0 Å². The van der Waals surface area contributed by atoms with E-state index in [1.54, 1.807) is 0 Å². The first-order chi connectivity index (χ1) is 13.4. The molecule has 0 radical (unpaired) electrons. The molecule has 2 aromatic carbocycles. The molecule has 1 heterocycles. The van der Waals surface area contributed by atoms with E-state index in [0.717, 1.165) is 28.3 Å². The lowest BCUT2D eigenvalue weighted by Gasteiger charge is -2.36. The molecule has 0 saturated carbocycles. The Bertz CT molecular complexity index is 827. The number of aliphatic hydroxyl groups is 1. The topological polar surface area (TPSA) is 61.8 Å². The quantitative estimate of drug-likeness (QED) is 0.779. The first-order valence-electron chi connectivity index (χ1n) is 9.56. The van der Waals surface area contributed by atoms with Crippen LogP contribution in [0, 0.1) is 13.8 Å². The number of hydrogen-bond acceptors (Lipinski definition) is 4. The third-order valence-corrected chi connectivity index (χ3v) is 5.64. The molecule has 1 fully saturated rings. The van der Waals surface area contributed by atoms with Crippen LogP contribution in [-0.4, -0.2) is 47.8 Å². The van der Waals surface area contributed by atoms with E-state index in [-0.39, 0.29) is 18.6 Å². The predicted molar refractivity (Wildman–Crippen MR) is 111 cm³/mol. The van der Waals surface area contributed by atoms with Crippen LogP contribution >= 0.6 is 11.6 Å². The summed E-state index contributed by atoms with van der Waals surface area (Å²) in [6, 6.07) is 13.2. The van der Waals surface area contributed by atoms with Crippen molar-refractivity contribution in [3.05, 3.63) is 64.2 Å². The smallest absolute Gasteiger partial charge is 0.258 e. The normalized spacial score (nSPS) is 20.0. The molecule has 1 amide bonds. The van der Waals surface area contributed by atoms with Crippen LogP contribution in [0.15, 0.2) is 42.5 Å². The zero-order valence-corrected chi connectivity index (χ0v) is 17.1. The van der Waals surface area contributed by atoms with Crippen molar-refractivity contribution in [3.8, 4) is 5.75 Å². The van der Waals surface area contributed by atoms with Gasteiger partial charge < -0.3 is 15.2 Å². The van der Waals surface area contributed by atoms with Crippen LogP contribution in [0.2, 0.25) is 5.02 Å². The highest BCUT2D eigenvalue weighted by Crippen LogP contribution is 2.21. The number of piperidine rings is 1. The van der Waals surface area contributed by atoms with Gasteiger partial charge in [-0.1, -0.05) is 41.9 Å². The van der Waals surface area contributed by atoms with Crippen molar-refractivity contribution in [1.82, 2.24) is 10.2 Å². The predicted octanol–water partition coefficient (Wildman–Crippen LogP) is 3.09. The highest BCUT2D eigenvalue weighted by Gasteiger charge is 2.29. The van der Waals surface area contributed by atoms with Gasteiger partial charge in [0.05, 0.1) is 12.1 Å². The van der Waals surface area contributed by atoms with Crippen LogP contribution in [0.3, 0.4) is 0 Å². The number of nitrogens with one attached hydrogen (secondary N) is 1. The number of aliphatic hydroxyl groups excluding tert-OH is 1. The van der Waals surface area contributed by atoms with Crippen molar-refractivity contribution in [3.63, 3.8) is 0 Å². The molecule has 3 rings (SSSR count). The molecule has 0 aromatic heterocycles. The van der Waals surface area contributed by atoms with Gasteiger partial charge in [-0.15, -0.1) is 0 Å². The Kier molecular flexibility index (Phi) is 6.94. The van der Waals surface area contributed by atoms with Crippen LogP contribution < -0.4 is 10.1 Å². The highest BCUT2D eigenvalue weighted by atomic mass is 35.5. The summed E-state index contributed by atoms with van der Waals surface area (Å²) in [5.41, 5.74) is 3.19. The van der Waals surface area contributed by atoms with Gasteiger partial charge in [0.1, 0.15) is 5.75 Å². The third kappa shape index (κ3) is 5.25. The lowest BCUT2D eigenvalue weighted by molar-refractivity contribution is -0.125. The van der Waals surface area contributed by atoms with Crippen molar-refractivity contribution >= 4 is 17.5 Å². The summed E-state index contributed by atoms with van der Waals surface area (Å²) in [6.45, 7) is 5.93. The molecule has 6 heteroatoms. The molecule has 1 aliphatic rings. The van der Waals surface area contributed by atoms with Crippen molar-refractivity contribution < 1.29 is 14.6 Å². The number of carbonyl (C=O) groups excluding carboxylic acids is 1. The molecule has 2 atom stereocenters. The molecule has 28 heavy (non-hydrogen) atoms. The van der Waals surface area contributed by atoms with Gasteiger partial charge in [-0.2, -0.15) is 0 Å². The summed E-state index contributed by atoms with van der Waals surface area (Å²) in [5.74, 6) is 0.476. The van der Waals surface area contributed by atoms with Gasteiger partial charge in [-0.05, 0) is 49.1 Å². The zero-order chi connectivity index (χ0) is 20.1. The number of hydrogen-bond donors (Lipinski definition) is 2. The highest BCUT2D eigenvalue weighted by molar-refractivity contribution is 6.31. The molecule has 0 unspecified atom stereocenters. The van der Waals surface area contributed by atoms with Gasteiger partial charge in [-0.25, -0.2) is 0 Å². The lowest BCUT2D eigenvalue weighted by Crippen LogP contribution is -2.55. The third-order valence-electron chi connectivity index (χ3n) is 5.27. The fourth-order valence-electron chi connectivity index (χ4n) is 3.43. The summed E-state index contributed by atoms with van der Waals surface area (Å²) in [6.07, 6.45) is 0.0416. The van der Waals surface area contributed by atoms with Crippen LogP contribution in [0.1, 0.15) is 23.1 Å². The van der Waals surface area contributed by atoms with E-state index in [2.05, 4.69) is 10.2 Å². The summed E-state index contributed by atoms with van der Waals surface area (Å²) in [7, 11) is 0. The van der Waals surface area contributed by atoms with E-state index in [1.807, 2.05) is 56.3 Å². The standard InChI is InChI=1S/C22H27ClN2O3/c1-15-6-5-9-21(16(15)2)28-14-22(27)24-19-13-25(11-10-20(19)26)12-17-7-3-4-8-18(17)23/h3-9,19-20,26H,10-14H2,1-2H3,(H,24,27)/t19-,20+/m1/s1. The summed E-state index contributed by atoms with van der Waals surface area (Å²) >= 11 is 6.25. The maximum absolute atomic E-state index is 12.4. The minimum atomic E-state index is -0.563. The minimum absolute atomic E-state index is 0.0714. The molecule has 0 spiro atoms. The number of amides is 1. The number of ether oxygens (including phenoxy) is 1. The average molecular weight is 403 g/mol. The summed E-state index contributed by atoms with van der Waals surface area (Å²) < 4.78 is 5.67. The van der Waals surface area contributed by atoms with Gasteiger partial charge in [-0.3, -0.25) is 9.69 Å². The van der Waals surface area contributed by atoms with E-state index in [0.29, 0.717) is 25.3 Å². The Hall–Kier alpha value is -2.08. The lowest BCUT2D eigenvalue weighted by atomic mass is 10.0. The number of rotatable bonds is 6. The van der Waals surface area contributed by atoms with Crippen molar-refractivity contribution in [2.24, 2.45) is 0 Å². The molecule has 2 aromatic rings. The van der Waals surface area contributed by atoms with Crippen LogP contribution in [-0.2, 0) is 11.3 Å². The number of carbonyl (C=O) groups is 1. The summed E-state index contributed by atoms with van der Waals surface area (Å²) in [4.78, 5) is 14.6. The maximum Gasteiger partial charge on any atom is 0.258 e. The van der Waals surface area contributed by atoms with Gasteiger partial charge >= 0.3 is 0 Å². The van der Waals surface area contributed by atoms with Crippen LogP contribution in [0.5, 0.6) is 5.75 Å². The molecule has 1 aliphatic heterocycles. The van der Waals surface area contributed by atoms with E-state index in [1.165, 1.54) is 0 Å². The van der Waals surface area contributed by atoms with E-state index < -0.39 is 6.10 Å². The second-order valence-corrected chi connectivity index (χ2v) is 7.75. The second kappa shape index (κ2) is 9.41. The summed E-state index contributed by atoms with van der Waals surface area (Å²) in [5, 5.41) is 14.0. The first kappa shape index (κ1) is 20.6. The number of nitrogens with zero attached hydrogens (tertiary/aromatic N) is 1. The zero-order valence-electron chi connectivity index (χ0n) is 16.3. The van der Waals surface area contributed by atoms with Gasteiger partial charge in [0.15, 0.2) is 6.61 Å². The fourth-order valence-corrected chi connectivity index (χ4v) is 3.63. The fraction of sp³-hybridized carbons (Fsp3) is 0.409. The Morgan fingerprint density at radius 2 is 2.04 bits per heavy atom. The Morgan fingerprint density at radius 1 is 1.25 bits per heavy atom. The van der Waals surface area contributed by atoms with Gasteiger partial charge in [0.2, 0.25) is 0 Å². The SMILES string of the molecule is Cc1cccc(OCC(=O)N[C@@H]2CN(Cc3ccccc3Cl)CC[C@@H]2O)c1C. The molecule has 0 aliphatic carbocycles. The average Bonchev–Trinajstić information content (AvgIpc) is 2.67.